The van der Waals surface area contributed by atoms with E-state index in [1.807, 2.05) is 6.92 Å². The van der Waals surface area contributed by atoms with Crippen LogP contribution in [0.3, 0.4) is 0 Å². The monoisotopic (exact) mass is 281 g/mol. The van der Waals surface area contributed by atoms with Crippen LogP contribution < -0.4 is 10.1 Å². The fourth-order valence-electron chi connectivity index (χ4n) is 1.65. The van der Waals surface area contributed by atoms with Crippen molar-refractivity contribution < 1.29 is 9.13 Å². The molecule has 0 amide bonds. The van der Waals surface area contributed by atoms with Gasteiger partial charge in [0.1, 0.15) is 5.82 Å². The summed E-state index contributed by atoms with van der Waals surface area (Å²) >= 11 is 6.00. The molecule has 2 aromatic rings. The molecule has 1 aromatic heterocycles. The van der Waals surface area contributed by atoms with Crippen molar-refractivity contribution in [2.75, 3.05) is 12.4 Å². The Kier molecular flexibility index (Phi) is 4.16. The molecule has 1 heterocycles. The maximum absolute atomic E-state index is 13.0. The molecule has 1 atom stereocenters. The van der Waals surface area contributed by atoms with Gasteiger partial charge in [-0.2, -0.15) is 4.98 Å². The normalized spacial score (nSPS) is 12.0. The quantitative estimate of drug-likeness (QED) is 0.932. The highest BCUT2D eigenvalue weighted by molar-refractivity contribution is 6.31. The third-order valence-corrected chi connectivity index (χ3v) is 2.94. The summed E-state index contributed by atoms with van der Waals surface area (Å²) in [6, 6.07) is 5.78. The van der Waals surface area contributed by atoms with Gasteiger partial charge >= 0.3 is 0 Å². The van der Waals surface area contributed by atoms with E-state index >= 15 is 0 Å². The Hall–Kier alpha value is -1.88. The first-order valence-corrected chi connectivity index (χ1v) is 6.06. The zero-order valence-corrected chi connectivity index (χ0v) is 11.3. The lowest BCUT2D eigenvalue weighted by Crippen LogP contribution is -2.10. The second-order valence-electron chi connectivity index (χ2n) is 3.95. The standard InChI is InChI=1S/C13H13ClFN3O/c1-8(10-4-3-9(15)7-11(10)14)17-13-16-6-5-12(18-13)19-2/h3-8H,1-2H3,(H,16,17,18). The van der Waals surface area contributed by atoms with Crippen molar-refractivity contribution in [3.05, 3.63) is 46.9 Å². The molecule has 1 aromatic carbocycles. The van der Waals surface area contributed by atoms with Crippen LogP contribution in [0.1, 0.15) is 18.5 Å². The van der Waals surface area contributed by atoms with Crippen LogP contribution in [0.4, 0.5) is 10.3 Å². The Labute approximate surface area is 115 Å². The molecule has 2 rings (SSSR count). The van der Waals surface area contributed by atoms with Gasteiger partial charge in [-0.1, -0.05) is 17.7 Å². The number of nitrogens with zero attached hydrogens (tertiary/aromatic N) is 2. The van der Waals surface area contributed by atoms with Gasteiger partial charge in [-0.25, -0.2) is 9.37 Å². The van der Waals surface area contributed by atoms with Crippen LogP contribution in [0.2, 0.25) is 5.02 Å². The minimum absolute atomic E-state index is 0.153. The summed E-state index contributed by atoms with van der Waals surface area (Å²) in [7, 11) is 1.53. The van der Waals surface area contributed by atoms with Crippen molar-refractivity contribution in [1.82, 2.24) is 9.97 Å². The number of rotatable bonds is 4. The molecular formula is C13H13ClFN3O. The number of aromatic nitrogens is 2. The van der Waals surface area contributed by atoms with Gasteiger partial charge in [0.05, 0.1) is 13.2 Å². The first kappa shape index (κ1) is 13.5. The number of hydrogen-bond donors (Lipinski definition) is 1. The SMILES string of the molecule is COc1ccnc(NC(C)c2ccc(F)cc2Cl)n1. The van der Waals surface area contributed by atoms with Crippen molar-refractivity contribution in [3.8, 4) is 5.88 Å². The Morgan fingerprint density at radius 2 is 2.16 bits per heavy atom. The van der Waals surface area contributed by atoms with Crippen LogP contribution >= 0.6 is 11.6 Å². The molecule has 19 heavy (non-hydrogen) atoms. The third-order valence-electron chi connectivity index (χ3n) is 2.61. The van der Waals surface area contributed by atoms with Gasteiger partial charge in [0.15, 0.2) is 0 Å². The van der Waals surface area contributed by atoms with Crippen LogP contribution in [0.5, 0.6) is 5.88 Å². The maximum atomic E-state index is 13.0. The highest BCUT2D eigenvalue weighted by atomic mass is 35.5. The molecule has 1 unspecified atom stereocenters. The van der Waals surface area contributed by atoms with Crippen LogP contribution in [-0.2, 0) is 0 Å². The third kappa shape index (κ3) is 3.32. The molecule has 0 saturated heterocycles. The van der Waals surface area contributed by atoms with E-state index in [9.17, 15) is 4.39 Å². The number of benzene rings is 1. The Morgan fingerprint density at radius 1 is 1.37 bits per heavy atom. The average Bonchev–Trinajstić information content (AvgIpc) is 2.38. The highest BCUT2D eigenvalue weighted by Crippen LogP contribution is 2.25. The molecule has 0 aliphatic rings. The Balaban J connectivity index is 2.17. The number of halogens is 2. The van der Waals surface area contributed by atoms with E-state index in [4.69, 9.17) is 16.3 Å². The lowest BCUT2D eigenvalue weighted by atomic mass is 10.1. The van der Waals surface area contributed by atoms with E-state index in [1.165, 1.54) is 19.2 Å². The van der Waals surface area contributed by atoms with Crippen LogP contribution in [-0.4, -0.2) is 17.1 Å². The molecular weight excluding hydrogens is 269 g/mol. The smallest absolute Gasteiger partial charge is 0.226 e. The number of methoxy groups -OCH3 is 1. The van der Waals surface area contributed by atoms with Gasteiger partial charge in [0.25, 0.3) is 0 Å². The molecule has 0 aliphatic heterocycles. The molecule has 1 N–H and O–H groups in total. The van der Waals surface area contributed by atoms with E-state index in [2.05, 4.69) is 15.3 Å². The molecule has 0 radical (unpaired) electrons. The number of ether oxygens (including phenoxy) is 1. The molecule has 0 bridgehead atoms. The maximum Gasteiger partial charge on any atom is 0.226 e. The van der Waals surface area contributed by atoms with Crippen LogP contribution in [0.25, 0.3) is 0 Å². The second kappa shape index (κ2) is 5.84. The van der Waals surface area contributed by atoms with Gasteiger partial charge in [0, 0.05) is 17.3 Å². The molecule has 6 heteroatoms. The van der Waals surface area contributed by atoms with Gasteiger partial charge in [-0.15, -0.1) is 0 Å². The zero-order valence-electron chi connectivity index (χ0n) is 10.5. The molecule has 0 saturated carbocycles. The molecule has 0 fully saturated rings. The first-order chi connectivity index (χ1) is 9.10. The Bertz CT molecular complexity index is 580. The summed E-state index contributed by atoms with van der Waals surface area (Å²) in [5, 5.41) is 3.45. The fraction of sp³-hybridized carbons (Fsp3) is 0.231. The summed E-state index contributed by atoms with van der Waals surface area (Å²) < 4.78 is 18.0. The van der Waals surface area contributed by atoms with Crippen molar-refractivity contribution in [1.29, 1.82) is 0 Å². The Morgan fingerprint density at radius 3 is 2.84 bits per heavy atom. The second-order valence-corrected chi connectivity index (χ2v) is 4.36. The highest BCUT2D eigenvalue weighted by Gasteiger charge is 2.11. The molecule has 0 spiro atoms. The average molecular weight is 282 g/mol. The summed E-state index contributed by atoms with van der Waals surface area (Å²) in [6.07, 6.45) is 1.59. The molecule has 4 nitrogen and oxygen atoms in total. The van der Waals surface area contributed by atoms with E-state index in [1.54, 1.807) is 18.3 Å². The van der Waals surface area contributed by atoms with Crippen molar-refractivity contribution >= 4 is 17.5 Å². The van der Waals surface area contributed by atoms with Gasteiger partial charge in [-0.05, 0) is 24.6 Å². The number of hydrogen-bond acceptors (Lipinski definition) is 4. The number of nitrogens with one attached hydrogen (secondary N) is 1. The largest absolute Gasteiger partial charge is 0.481 e. The van der Waals surface area contributed by atoms with Gasteiger partial charge in [-0.3, -0.25) is 0 Å². The summed E-state index contributed by atoms with van der Waals surface area (Å²) in [6.45, 7) is 1.89. The summed E-state index contributed by atoms with van der Waals surface area (Å²) in [5.41, 5.74) is 0.773. The van der Waals surface area contributed by atoms with Crippen molar-refractivity contribution in [3.63, 3.8) is 0 Å². The van der Waals surface area contributed by atoms with Crippen molar-refractivity contribution in [2.45, 2.75) is 13.0 Å². The lowest BCUT2D eigenvalue weighted by Gasteiger charge is -2.15. The van der Waals surface area contributed by atoms with Crippen molar-refractivity contribution in [2.24, 2.45) is 0 Å². The fourth-order valence-corrected chi connectivity index (χ4v) is 1.98. The summed E-state index contributed by atoms with van der Waals surface area (Å²) in [5.74, 6) is 0.528. The lowest BCUT2D eigenvalue weighted by molar-refractivity contribution is 0.397. The predicted octanol–water partition coefficient (Wildman–Crippen LogP) is 3.45. The van der Waals surface area contributed by atoms with Crippen LogP contribution in [0.15, 0.2) is 30.5 Å². The van der Waals surface area contributed by atoms with Crippen LogP contribution in [0, 0.1) is 5.82 Å². The van der Waals surface area contributed by atoms with E-state index < -0.39 is 0 Å². The van der Waals surface area contributed by atoms with Gasteiger partial charge in [0.2, 0.25) is 11.8 Å². The van der Waals surface area contributed by atoms with E-state index in [0.29, 0.717) is 16.9 Å². The van der Waals surface area contributed by atoms with E-state index in [0.717, 1.165) is 5.56 Å². The molecule has 0 aliphatic carbocycles. The predicted molar refractivity (Wildman–Crippen MR) is 72.0 cm³/mol. The first-order valence-electron chi connectivity index (χ1n) is 5.68. The minimum Gasteiger partial charge on any atom is -0.481 e. The topological polar surface area (TPSA) is 47.0 Å². The number of anilines is 1. The summed E-state index contributed by atoms with van der Waals surface area (Å²) in [4.78, 5) is 8.22. The minimum atomic E-state index is -0.362. The van der Waals surface area contributed by atoms with E-state index in [-0.39, 0.29) is 11.9 Å². The zero-order chi connectivity index (χ0) is 13.8. The molecule has 100 valence electrons. The van der Waals surface area contributed by atoms with Gasteiger partial charge < -0.3 is 10.1 Å².